The highest BCUT2D eigenvalue weighted by Crippen LogP contribution is 2.31. The van der Waals surface area contributed by atoms with Crippen LogP contribution in [0.1, 0.15) is 5.56 Å². The van der Waals surface area contributed by atoms with Gasteiger partial charge in [-0.3, -0.25) is 0 Å². The molecule has 0 fully saturated rings. The van der Waals surface area contributed by atoms with Crippen LogP contribution >= 0.6 is 35.0 Å². The van der Waals surface area contributed by atoms with Crippen LogP contribution in [0.4, 0.5) is 10.1 Å². The Morgan fingerprint density at radius 1 is 1.06 bits per heavy atom. The molecule has 0 aliphatic heterocycles. The van der Waals surface area contributed by atoms with Gasteiger partial charge in [0.15, 0.2) is 0 Å². The molecule has 94 valence electrons. The molecule has 1 nitrogen and oxygen atoms in total. The standard InChI is InChI=1S/C13H10Cl2FNS/c14-10-3-1-8(5-12(10)16)7-18-13-6-9(17)2-4-11(13)15/h1-6H,7,17H2. The molecule has 0 atom stereocenters. The van der Waals surface area contributed by atoms with Crippen LogP contribution in [0.15, 0.2) is 41.3 Å². The van der Waals surface area contributed by atoms with Crippen LogP contribution < -0.4 is 5.73 Å². The molecule has 0 aliphatic carbocycles. The lowest BCUT2D eigenvalue weighted by molar-refractivity contribution is 0.627. The summed E-state index contributed by atoms with van der Waals surface area (Å²) in [7, 11) is 0. The molecule has 5 heteroatoms. The summed E-state index contributed by atoms with van der Waals surface area (Å²) in [6, 6.07) is 10.1. The smallest absolute Gasteiger partial charge is 0.142 e. The number of hydrogen-bond donors (Lipinski definition) is 1. The molecule has 2 rings (SSSR count). The molecular weight excluding hydrogens is 292 g/mol. The second kappa shape index (κ2) is 5.83. The highest BCUT2D eigenvalue weighted by atomic mass is 35.5. The highest BCUT2D eigenvalue weighted by molar-refractivity contribution is 7.98. The SMILES string of the molecule is Nc1ccc(Cl)c(SCc2ccc(Cl)c(F)c2)c1. The summed E-state index contributed by atoms with van der Waals surface area (Å²) in [6.45, 7) is 0. The number of thioether (sulfide) groups is 1. The predicted octanol–water partition coefficient (Wildman–Crippen LogP) is 5.01. The van der Waals surface area contributed by atoms with Gasteiger partial charge in [-0.1, -0.05) is 29.3 Å². The van der Waals surface area contributed by atoms with E-state index in [1.165, 1.54) is 17.8 Å². The van der Waals surface area contributed by atoms with Crippen molar-refractivity contribution in [2.45, 2.75) is 10.6 Å². The predicted molar refractivity (Wildman–Crippen MR) is 76.8 cm³/mol. The van der Waals surface area contributed by atoms with E-state index in [0.29, 0.717) is 16.5 Å². The third-order valence-electron chi connectivity index (χ3n) is 2.33. The first kappa shape index (κ1) is 13.5. The van der Waals surface area contributed by atoms with Crippen LogP contribution in [-0.4, -0.2) is 0 Å². The van der Waals surface area contributed by atoms with Crippen LogP contribution in [0.3, 0.4) is 0 Å². The van der Waals surface area contributed by atoms with E-state index in [1.54, 1.807) is 30.3 Å². The van der Waals surface area contributed by atoms with Gasteiger partial charge in [0.2, 0.25) is 0 Å². The van der Waals surface area contributed by atoms with Gasteiger partial charge in [-0.15, -0.1) is 11.8 Å². The monoisotopic (exact) mass is 301 g/mol. The van der Waals surface area contributed by atoms with Crippen molar-refractivity contribution in [2.75, 3.05) is 5.73 Å². The number of hydrogen-bond acceptors (Lipinski definition) is 2. The molecule has 0 heterocycles. The zero-order valence-corrected chi connectivity index (χ0v) is 11.6. The number of benzene rings is 2. The quantitative estimate of drug-likeness (QED) is 0.637. The van der Waals surface area contributed by atoms with Crippen LogP contribution in [0.25, 0.3) is 0 Å². The van der Waals surface area contributed by atoms with Gasteiger partial charge in [-0.2, -0.15) is 0 Å². The largest absolute Gasteiger partial charge is 0.399 e. The average Bonchev–Trinajstić information content (AvgIpc) is 2.34. The minimum atomic E-state index is -0.409. The fraction of sp³-hybridized carbons (Fsp3) is 0.0769. The van der Waals surface area contributed by atoms with Crippen molar-refractivity contribution < 1.29 is 4.39 Å². The number of nitrogens with two attached hydrogens (primary N) is 1. The van der Waals surface area contributed by atoms with Crippen molar-refractivity contribution in [3.63, 3.8) is 0 Å². The number of rotatable bonds is 3. The molecule has 0 amide bonds. The van der Waals surface area contributed by atoms with Gasteiger partial charge < -0.3 is 5.73 Å². The molecule has 0 radical (unpaired) electrons. The minimum absolute atomic E-state index is 0.130. The summed E-state index contributed by atoms with van der Waals surface area (Å²) < 4.78 is 13.3. The molecule has 18 heavy (non-hydrogen) atoms. The van der Waals surface area contributed by atoms with Crippen LogP contribution in [0.5, 0.6) is 0 Å². The third kappa shape index (κ3) is 3.31. The van der Waals surface area contributed by atoms with E-state index in [-0.39, 0.29) is 5.02 Å². The fourth-order valence-corrected chi connectivity index (χ4v) is 2.75. The third-order valence-corrected chi connectivity index (χ3v) is 4.21. The lowest BCUT2D eigenvalue weighted by Crippen LogP contribution is -1.87. The van der Waals surface area contributed by atoms with Crippen molar-refractivity contribution in [2.24, 2.45) is 0 Å². The number of anilines is 1. The number of nitrogen functional groups attached to an aromatic ring is 1. The van der Waals surface area contributed by atoms with Gasteiger partial charge in [0.1, 0.15) is 5.82 Å². The molecule has 0 aromatic heterocycles. The molecule has 2 aromatic carbocycles. The topological polar surface area (TPSA) is 26.0 Å². The summed E-state index contributed by atoms with van der Waals surface area (Å²) in [5.41, 5.74) is 7.20. The van der Waals surface area contributed by atoms with E-state index >= 15 is 0 Å². The Morgan fingerprint density at radius 3 is 2.50 bits per heavy atom. The lowest BCUT2D eigenvalue weighted by Gasteiger charge is -2.06. The molecule has 0 aliphatic rings. The van der Waals surface area contributed by atoms with Gasteiger partial charge in [0.25, 0.3) is 0 Å². The van der Waals surface area contributed by atoms with E-state index in [1.807, 2.05) is 0 Å². The maximum Gasteiger partial charge on any atom is 0.142 e. The van der Waals surface area contributed by atoms with Crippen molar-refractivity contribution in [1.82, 2.24) is 0 Å². The van der Waals surface area contributed by atoms with Gasteiger partial charge >= 0.3 is 0 Å². The van der Waals surface area contributed by atoms with Crippen molar-refractivity contribution in [1.29, 1.82) is 0 Å². The van der Waals surface area contributed by atoms with Crippen LogP contribution in [0.2, 0.25) is 10.0 Å². The Kier molecular flexibility index (Phi) is 4.38. The second-order valence-corrected chi connectivity index (χ2v) is 5.56. The Hall–Kier alpha value is -0.900. The molecule has 0 saturated heterocycles. The maximum atomic E-state index is 13.3. The van der Waals surface area contributed by atoms with Gasteiger partial charge in [-0.05, 0) is 35.9 Å². The molecule has 0 unspecified atom stereocenters. The van der Waals surface area contributed by atoms with Crippen LogP contribution in [0, 0.1) is 5.82 Å². The first-order valence-corrected chi connectivity index (χ1v) is 6.92. The summed E-state index contributed by atoms with van der Waals surface area (Å²) in [4.78, 5) is 0.882. The summed E-state index contributed by atoms with van der Waals surface area (Å²) in [5, 5.41) is 0.773. The van der Waals surface area contributed by atoms with E-state index in [0.717, 1.165) is 10.5 Å². The van der Waals surface area contributed by atoms with E-state index < -0.39 is 5.82 Å². The van der Waals surface area contributed by atoms with Gasteiger partial charge in [0, 0.05) is 16.3 Å². The van der Waals surface area contributed by atoms with Gasteiger partial charge in [0.05, 0.1) is 10.0 Å². The summed E-state index contributed by atoms with van der Waals surface area (Å²) in [5.74, 6) is 0.200. The first-order chi connectivity index (χ1) is 8.56. The average molecular weight is 302 g/mol. The van der Waals surface area contributed by atoms with Crippen molar-refractivity contribution >= 4 is 40.7 Å². The first-order valence-electron chi connectivity index (χ1n) is 5.18. The van der Waals surface area contributed by atoms with Crippen molar-refractivity contribution in [3.8, 4) is 0 Å². The minimum Gasteiger partial charge on any atom is -0.399 e. The highest BCUT2D eigenvalue weighted by Gasteiger charge is 2.05. The molecule has 0 spiro atoms. The Labute approximate surface area is 119 Å². The summed E-state index contributed by atoms with van der Waals surface area (Å²) >= 11 is 13.2. The molecule has 2 N–H and O–H groups in total. The number of halogens is 3. The summed E-state index contributed by atoms with van der Waals surface area (Å²) in [6.07, 6.45) is 0. The molecule has 0 saturated carbocycles. The Balaban J connectivity index is 2.11. The molecule has 2 aromatic rings. The fourth-order valence-electron chi connectivity index (χ4n) is 1.42. The van der Waals surface area contributed by atoms with Crippen molar-refractivity contribution in [3.05, 3.63) is 57.8 Å². The zero-order chi connectivity index (χ0) is 13.1. The van der Waals surface area contributed by atoms with Gasteiger partial charge in [-0.25, -0.2) is 4.39 Å². The Morgan fingerprint density at radius 2 is 1.78 bits per heavy atom. The van der Waals surface area contributed by atoms with E-state index in [2.05, 4.69) is 0 Å². The second-order valence-electron chi connectivity index (χ2n) is 3.73. The molecule has 0 bridgehead atoms. The zero-order valence-electron chi connectivity index (χ0n) is 9.29. The molecular formula is C13H10Cl2FNS. The Bertz CT molecular complexity index is 575. The normalized spacial score (nSPS) is 10.6. The maximum absolute atomic E-state index is 13.3. The van der Waals surface area contributed by atoms with E-state index in [9.17, 15) is 4.39 Å². The lowest BCUT2D eigenvalue weighted by atomic mass is 10.2. The van der Waals surface area contributed by atoms with Crippen LogP contribution in [-0.2, 0) is 5.75 Å². The van der Waals surface area contributed by atoms with E-state index in [4.69, 9.17) is 28.9 Å².